The molecule has 6 heteroatoms. The molecule has 122 valence electrons. The molecule has 1 N–H and O–H groups in total. The van der Waals surface area contributed by atoms with Gasteiger partial charge in [0, 0.05) is 25.8 Å². The van der Waals surface area contributed by atoms with Crippen molar-refractivity contribution >= 4 is 23.5 Å². The zero-order chi connectivity index (χ0) is 16.8. The van der Waals surface area contributed by atoms with Gasteiger partial charge in [-0.2, -0.15) is 0 Å². The van der Waals surface area contributed by atoms with E-state index in [1.165, 1.54) is 4.90 Å². The molecule has 0 aromatic heterocycles. The monoisotopic (exact) mass is 315 g/mol. The van der Waals surface area contributed by atoms with Crippen molar-refractivity contribution in [3.63, 3.8) is 0 Å². The van der Waals surface area contributed by atoms with Gasteiger partial charge in [-0.3, -0.25) is 19.8 Å². The summed E-state index contributed by atoms with van der Waals surface area (Å²) in [6.45, 7) is 4.48. The van der Waals surface area contributed by atoms with Crippen LogP contribution in [0.5, 0.6) is 0 Å². The number of nitrogens with one attached hydrogen (secondary N) is 1. The van der Waals surface area contributed by atoms with Crippen molar-refractivity contribution in [2.24, 2.45) is 5.41 Å². The standard InChI is InChI=1S/C17H21N3O3/c1-4-7-20-15(22)17(14(21)18-16(20)23)9-12-8-11(2)5-6-13(12)19(3)10-17/h5-6,8H,4,7,9-10H2,1-3H3,(H,18,21,23)/t17-/m0/s1. The number of aryl methyl sites for hydroxylation is 1. The largest absolute Gasteiger partial charge is 0.373 e. The summed E-state index contributed by atoms with van der Waals surface area (Å²) in [6, 6.07) is 5.43. The molecule has 2 aliphatic rings. The van der Waals surface area contributed by atoms with Crippen molar-refractivity contribution in [3.8, 4) is 0 Å². The fourth-order valence-electron chi connectivity index (χ4n) is 3.55. The van der Waals surface area contributed by atoms with E-state index in [4.69, 9.17) is 0 Å². The quantitative estimate of drug-likeness (QED) is 0.839. The topological polar surface area (TPSA) is 69.7 Å². The number of hydrogen-bond donors (Lipinski definition) is 1. The van der Waals surface area contributed by atoms with Crippen LogP contribution in [0.1, 0.15) is 24.5 Å². The number of benzene rings is 1. The Bertz CT molecular complexity index is 700. The highest BCUT2D eigenvalue weighted by Crippen LogP contribution is 2.39. The summed E-state index contributed by atoms with van der Waals surface area (Å²) in [7, 11) is 1.87. The minimum Gasteiger partial charge on any atom is -0.373 e. The molecule has 2 heterocycles. The number of anilines is 1. The number of rotatable bonds is 2. The Morgan fingerprint density at radius 3 is 2.70 bits per heavy atom. The minimum absolute atomic E-state index is 0.279. The fourth-order valence-corrected chi connectivity index (χ4v) is 3.55. The number of urea groups is 1. The van der Waals surface area contributed by atoms with Crippen LogP contribution in [0, 0.1) is 12.3 Å². The lowest BCUT2D eigenvalue weighted by atomic mass is 9.74. The zero-order valence-electron chi connectivity index (χ0n) is 13.7. The third-order valence-electron chi connectivity index (χ3n) is 4.65. The molecule has 23 heavy (non-hydrogen) atoms. The number of carbonyl (C=O) groups excluding carboxylic acids is 3. The molecular formula is C17H21N3O3. The minimum atomic E-state index is -1.22. The smallest absolute Gasteiger partial charge is 0.330 e. The fraction of sp³-hybridized carbons (Fsp3) is 0.471. The van der Waals surface area contributed by atoms with Crippen LogP contribution in [0.3, 0.4) is 0 Å². The highest BCUT2D eigenvalue weighted by atomic mass is 16.2. The molecule has 1 aromatic rings. The molecule has 1 spiro atoms. The van der Waals surface area contributed by atoms with Crippen LogP contribution in [0.25, 0.3) is 0 Å². The van der Waals surface area contributed by atoms with Crippen LogP contribution in [-0.2, 0) is 16.0 Å². The molecule has 1 aromatic carbocycles. The number of carbonyl (C=O) groups is 3. The van der Waals surface area contributed by atoms with E-state index in [1.807, 2.05) is 44.0 Å². The first kappa shape index (κ1) is 15.5. The second kappa shape index (κ2) is 5.37. The molecule has 4 amide bonds. The maximum atomic E-state index is 13.0. The molecule has 0 unspecified atom stereocenters. The third-order valence-corrected chi connectivity index (χ3v) is 4.65. The van der Waals surface area contributed by atoms with Crippen molar-refractivity contribution in [1.29, 1.82) is 0 Å². The van der Waals surface area contributed by atoms with E-state index in [9.17, 15) is 14.4 Å². The van der Waals surface area contributed by atoms with E-state index >= 15 is 0 Å². The van der Waals surface area contributed by atoms with Gasteiger partial charge in [0.05, 0.1) is 0 Å². The van der Waals surface area contributed by atoms with E-state index in [1.54, 1.807) is 0 Å². The average Bonchev–Trinajstić information content (AvgIpc) is 2.49. The SMILES string of the molecule is CCCN1C(=O)NC(=O)[C@@]2(Cc3cc(C)ccc3N(C)C2)C1=O. The first-order valence-electron chi connectivity index (χ1n) is 7.87. The Hall–Kier alpha value is -2.37. The van der Waals surface area contributed by atoms with Crippen LogP contribution < -0.4 is 10.2 Å². The summed E-state index contributed by atoms with van der Waals surface area (Å²) in [5, 5.41) is 2.37. The van der Waals surface area contributed by atoms with Crippen molar-refractivity contribution < 1.29 is 14.4 Å². The lowest BCUT2D eigenvalue weighted by molar-refractivity contribution is -0.151. The predicted octanol–water partition coefficient (Wildman–Crippen LogP) is 1.46. The van der Waals surface area contributed by atoms with E-state index in [0.29, 0.717) is 19.4 Å². The summed E-state index contributed by atoms with van der Waals surface area (Å²) < 4.78 is 0. The van der Waals surface area contributed by atoms with Gasteiger partial charge < -0.3 is 4.90 Å². The first-order chi connectivity index (χ1) is 10.9. The van der Waals surface area contributed by atoms with Gasteiger partial charge in [0.25, 0.3) is 0 Å². The highest BCUT2D eigenvalue weighted by molar-refractivity contribution is 6.20. The Morgan fingerprint density at radius 2 is 2.00 bits per heavy atom. The maximum Gasteiger partial charge on any atom is 0.330 e. The molecule has 3 rings (SSSR count). The predicted molar refractivity (Wildman–Crippen MR) is 86.1 cm³/mol. The van der Waals surface area contributed by atoms with Gasteiger partial charge in [-0.05, 0) is 31.4 Å². The Kier molecular flexibility index (Phi) is 3.62. The summed E-state index contributed by atoms with van der Waals surface area (Å²) in [5.41, 5.74) is 1.85. The van der Waals surface area contributed by atoms with Gasteiger partial charge in [0.2, 0.25) is 11.8 Å². The van der Waals surface area contributed by atoms with Gasteiger partial charge in [0.15, 0.2) is 0 Å². The number of barbiturate groups is 1. The summed E-state index contributed by atoms with van der Waals surface area (Å²) in [6.07, 6.45) is 0.988. The number of nitrogens with zero attached hydrogens (tertiary/aromatic N) is 2. The molecule has 2 aliphatic heterocycles. The van der Waals surface area contributed by atoms with Crippen molar-refractivity contribution in [1.82, 2.24) is 10.2 Å². The highest BCUT2D eigenvalue weighted by Gasteiger charge is 2.56. The van der Waals surface area contributed by atoms with Gasteiger partial charge >= 0.3 is 6.03 Å². The van der Waals surface area contributed by atoms with Crippen molar-refractivity contribution in [2.75, 3.05) is 25.0 Å². The molecule has 0 radical (unpaired) electrons. The van der Waals surface area contributed by atoms with Crippen LogP contribution in [0.15, 0.2) is 18.2 Å². The number of imide groups is 2. The van der Waals surface area contributed by atoms with E-state index in [2.05, 4.69) is 5.32 Å². The van der Waals surface area contributed by atoms with Gasteiger partial charge in [0.1, 0.15) is 5.41 Å². The van der Waals surface area contributed by atoms with E-state index in [-0.39, 0.29) is 12.5 Å². The third kappa shape index (κ3) is 2.29. The van der Waals surface area contributed by atoms with Gasteiger partial charge in [-0.1, -0.05) is 24.6 Å². The van der Waals surface area contributed by atoms with Gasteiger partial charge in [-0.15, -0.1) is 0 Å². The molecule has 0 bridgehead atoms. The Morgan fingerprint density at radius 1 is 1.26 bits per heavy atom. The molecule has 0 saturated carbocycles. The first-order valence-corrected chi connectivity index (χ1v) is 7.87. The number of fused-ring (bicyclic) bond motifs is 1. The Labute approximate surface area is 135 Å². The van der Waals surface area contributed by atoms with Gasteiger partial charge in [-0.25, -0.2) is 4.79 Å². The lowest BCUT2D eigenvalue weighted by Gasteiger charge is -2.45. The second-order valence-electron chi connectivity index (χ2n) is 6.46. The lowest BCUT2D eigenvalue weighted by Crippen LogP contribution is -2.68. The molecule has 0 aliphatic carbocycles. The van der Waals surface area contributed by atoms with Crippen LogP contribution >= 0.6 is 0 Å². The van der Waals surface area contributed by atoms with Crippen LogP contribution in [-0.4, -0.2) is 42.9 Å². The molecule has 1 atom stereocenters. The summed E-state index contributed by atoms with van der Waals surface area (Å²) in [4.78, 5) is 40.6. The molecular weight excluding hydrogens is 294 g/mol. The second-order valence-corrected chi connectivity index (χ2v) is 6.46. The number of amides is 4. The average molecular weight is 315 g/mol. The molecule has 1 saturated heterocycles. The summed E-state index contributed by atoms with van der Waals surface area (Å²) in [5.74, 6) is -0.869. The van der Waals surface area contributed by atoms with Crippen molar-refractivity contribution in [2.45, 2.75) is 26.7 Å². The normalized spacial score (nSPS) is 24.0. The van der Waals surface area contributed by atoms with Crippen molar-refractivity contribution in [3.05, 3.63) is 29.3 Å². The Balaban J connectivity index is 2.05. The molecule has 1 fully saturated rings. The molecule has 6 nitrogen and oxygen atoms in total. The summed E-state index contributed by atoms with van der Waals surface area (Å²) >= 11 is 0. The van der Waals surface area contributed by atoms with Crippen LogP contribution in [0.2, 0.25) is 0 Å². The maximum absolute atomic E-state index is 13.0. The van der Waals surface area contributed by atoms with E-state index < -0.39 is 17.4 Å². The zero-order valence-corrected chi connectivity index (χ0v) is 13.7. The number of hydrogen-bond acceptors (Lipinski definition) is 4. The van der Waals surface area contributed by atoms with Crippen LogP contribution in [0.4, 0.5) is 10.5 Å². The van der Waals surface area contributed by atoms with E-state index in [0.717, 1.165) is 16.8 Å².